The molecule has 5 heteroatoms. The van der Waals surface area contributed by atoms with E-state index in [-0.39, 0.29) is 5.56 Å². The van der Waals surface area contributed by atoms with Crippen LogP contribution < -0.4 is 11.0 Å². The largest absolute Gasteiger partial charge is 0.291 e. The number of anilines is 1. The first-order valence-electron chi connectivity index (χ1n) is 7.36. The number of hydrogen-bond acceptors (Lipinski definition) is 4. The smallest absolute Gasteiger partial charge is 0.252 e. The molecule has 110 valence electrons. The van der Waals surface area contributed by atoms with Crippen LogP contribution in [0.3, 0.4) is 0 Å². The molecule has 0 spiro atoms. The number of aromatic nitrogens is 2. The monoisotopic (exact) mass is 276 g/mol. The molecule has 20 heavy (non-hydrogen) atoms. The molecule has 1 aromatic rings. The summed E-state index contributed by atoms with van der Waals surface area (Å²) in [7, 11) is 0. The Bertz CT molecular complexity index is 547. The molecule has 2 atom stereocenters. The Kier molecular flexibility index (Phi) is 4.57. The highest BCUT2D eigenvalue weighted by molar-refractivity contribution is 5.88. The summed E-state index contributed by atoms with van der Waals surface area (Å²) in [6, 6.07) is 1.47. The molecule has 0 aliphatic heterocycles. The molecular formula is C15H24N4O. The van der Waals surface area contributed by atoms with Crippen molar-refractivity contribution in [2.24, 2.45) is 22.9 Å². The Morgan fingerprint density at radius 2 is 2.20 bits per heavy atom. The molecule has 0 saturated heterocycles. The molecule has 2 rings (SSSR count). The van der Waals surface area contributed by atoms with Gasteiger partial charge in [-0.15, -0.1) is 0 Å². The van der Waals surface area contributed by atoms with E-state index in [2.05, 4.69) is 41.3 Å². The van der Waals surface area contributed by atoms with E-state index in [1.165, 1.54) is 24.6 Å². The third-order valence-electron chi connectivity index (χ3n) is 3.94. The van der Waals surface area contributed by atoms with Gasteiger partial charge in [-0.25, -0.2) is 10.4 Å². The standard InChI is InChI=1S/C15H24N4O/c1-9(2)12-6-5-10(3)7-13(12)18-19-15-16-11(4)8-14(20)17-15/h8-10,12H,5-7H2,1-4H3,(H2,16,17,19,20)/b18-13-/t10-,12-/m0/s1. The normalized spacial score (nSPS) is 25.1. The van der Waals surface area contributed by atoms with Gasteiger partial charge in [-0.05, 0) is 38.0 Å². The molecule has 1 heterocycles. The van der Waals surface area contributed by atoms with Crippen LogP contribution in [0.5, 0.6) is 0 Å². The Labute approximate surface area is 119 Å². The van der Waals surface area contributed by atoms with Crippen LogP contribution in [-0.4, -0.2) is 15.7 Å². The predicted molar refractivity (Wildman–Crippen MR) is 82.0 cm³/mol. The lowest BCUT2D eigenvalue weighted by Crippen LogP contribution is -2.28. The van der Waals surface area contributed by atoms with Crippen molar-refractivity contribution in [3.8, 4) is 0 Å². The average molecular weight is 276 g/mol. The SMILES string of the molecule is Cc1cc(=O)[nH]c(N/N=C2/C[C@@H](C)CC[C@H]2C(C)C)n1. The lowest BCUT2D eigenvalue weighted by molar-refractivity contribution is 0.364. The van der Waals surface area contributed by atoms with Crippen LogP contribution in [0.1, 0.15) is 45.7 Å². The summed E-state index contributed by atoms with van der Waals surface area (Å²) in [4.78, 5) is 18.3. The Hall–Kier alpha value is -1.65. The number of aromatic amines is 1. The first-order chi connectivity index (χ1) is 9.45. The summed E-state index contributed by atoms with van der Waals surface area (Å²) in [5, 5.41) is 4.52. The first kappa shape index (κ1) is 14.8. The third kappa shape index (κ3) is 3.68. The summed E-state index contributed by atoms with van der Waals surface area (Å²) in [6.07, 6.45) is 3.48. The van der Waals surface area contributed by atoms with Gasteiger partial charge in [0.1, 0.15) is 0 Å². The van der Waals surface area contributed by atoms with Crippen molar-refractivity contribution < 1.29 is 0 Å². The molecule has 0 bridgehead atoms. The van der Waals surface area contributed by atoms with Gasteiger partial charge in [0.05, 0.1) is 0 Å². The van der Waals surface area contributed by atoms with Crippen molar-refractivity contribution in [3.63, 3.8) is 0 Å². The van der Waals surface area contributed by atoms with Gasteiger partial charge in [-0.2, -0.15) is 5.10 Å². The fourth-order valence-electron chi connectivity index (χ4n) is 2.84. The fraction of sp³-hybridized carbons (Fsp3) is 0.667. The van der Waals surface area contributed by atoms with Gasteiger partial charge in [-0.1, -0.05) is 20.8 Å². The summed E-state index contributed by atoms with van der Waals surface area (Å²) >= 11 is 0. The van der Waals surface area contributed by atoms with Gasteiger partial charge in [0, 0.05) is 23.4 Å². The van der Waals surface area contributed by atoms with Crippen LogP contribution in [0.15, 0.2) is 16.0 Å². The average Bonchev–Trinajstić information content (AvgIpc) is 2.35. The summed E-state index contributed by atoms with van der Waals surface area (Å²) < 4.78 is 0. The highest BCUT2D eigenvalue weighted by atomic mass is 16.1. The minimum atomic E-state index is -0.155. The molecule has 1 saturated carbocycles. The third-order valence-corrected chi connectivity index (χ3v) is 3.94. The molecule has 1 aromatic heterocycles. The minimum Gasteiger partial charge on any atom is -0.291 e. The van der Waals surface area contributed by atoms with Crippen LogP contribution in [0.4, 0.5) is 5.95 Å². The molecule has 0 unspecified atom stereocenters. The van der Waals surface area contributed by atoms with E-state index in [4.69, 9.17) is 0 Å². The summed E-state index contributed by atoms with van der Waals surface area (Å²) in [6.45, 7) is 8.54. The Balaban J connectivity index is 2.16. The second-order valence-electron chi connectivity index (χ2n) is 6.19. The predicted octanol–water partition coefficient (Wildman–Crippen LogP) is 2.94. The van der Waals surface area contributed by atoms with Crippen LogP contribution in [0.2, 0.25) is 0 Å². The maximum atomic E-state index is 11.4. The quantitative estimate of drug-likeness (QED) is 0.834. The van der Waals surface area contributed by atoms with E-state index < -0.39 is 0 Å². The number of aryl methyl sites for hydroxylation is 1. The van der Waals surface area contributed by atoms with E-state index in [0.717, 1.165) is 6.42 Å². The molecule has 5 nitrogen and oxygen atoms in total. The second-order valence-corrected chi connectivity index (χ2v) is 6.19. The van der Waals surface area contributed by atoms with Crippen LogP contribution >= 0.6 is 0 Å². The van der Waals surface area contributed by atoms with Crippen molar-refractivity contribution >= 4 is 11.7 Å². The van der Waals surface area contributed by atoms with E-state index in [0.29, 0.717) is 29.4 Å². The van der Waals surface area contributed by atoms with Gasteiger partial charge in [0.25, 0.3) is 5.56 Å². The molecular weight excluding hydrogens is 252 g/mol. The maximum absolute atomic E-state index is 11.4. The zero-order valence-corrected chi connectivity index (χ0v) is 12.7. The Morgan fingerprint density at radius 1 is 1.45 bits per heavy atom. The molecule has 0 amide bonds. The minimum absolute atomic E-state index is 0.155. The number of nitrogens with one attached hydrogen (secondary N) is 2. The lowest BCUT2D eigenvalue weighted by Gasteiger charge is -2.30. The number of rotatable bonds is 3. The van der Waals surface area contributed by atoms with Crippen molar-refractivity contribution in [1.29, 1.82) is 0 Å². The summed E-state index contributed by atoms with van der Waals surface area (Å²) in [5.41, 5.74) is 4.65. The van der Waals surface area contributed by atoms with E-state index >= 15 is 0 Å². The molecule has 1 fully saturated rings. The van der Waals surface area contributed by atoms with Gasteiger partial charge in [0.2, 0.25) is 5.95 Å². The highest BCUT2D eigenvalue weighted by Gasteiger charge is 2.27. The maximum Gasteiger partial charge on any atom is 0.252 e. The topological polar surface area (TPSA) is 70.1 Å². The molecule has 1 aliphatic carbocycles. The zero-order chi connectivity index (χ0) is 14.7. The molecule has 2 N–H and O–H groups in total. The molecule has 0 radical (unpaired) electrons. The van der Waals surface area contributed by atoms with Gasteiger partial charge in [0.15, 0.2) is 0 Å². The number of H-pyrrole nitrogens is 1. The van der Waals surface area contributed by atoms with E-state index in [1.807, 2.05) is 0 Å². The number of nitrogens with zero attached hydrogens (tertiary/aromatic N) is 2. The van der Waals surface area contributed by atoms with E-state index in [1.54, 1.807) is 6.92 Å². The zero-order valence-electron chi connectivity index (χ0n) is 12.7. The van der Waals surface area contributed by atoms with Crippen molar-refractivity contribution in [2.75, 3.05) is 5.43 Å². The van der Waals surface area contributed by atoms with Crippen LogP contribution in [0.25, 0.3) is 0 Å². The highest BCUT2D eigenvalue weighted by Crippen LogP contribution is 2.31. The number of hydrogen-bond donors (Lipinski definition) is 2. The van der Waals surface area contributed by atoms with Crippen molar-refractivity contribution in [2.45, 2.75) is 47.0 Å². The molecule has 0 aromatic carbocycles. The Morgan fingerprint density at radius 3 is 2.85 bits per heavy atom. The first-order valence-corrected chi connectivity index (χ1v) is 7.36. The van der Waals surface area contributed by atoms with Gasteiger partial charge in [-0.3, -0.25) is 9.78 Å². The van der Waals surface area contributed by atoms with Crippen LogP contribution in [0, 0.1) is 24.7 Å². The fourth-order valence-corrected chi connectivity index (χ4v) is 2.84. The van der Waals surface area contributed by atoms with Crippen molar-refractivity contribution in [1.82, 2.24) is 9.97 Å². The molecule has 1 aliphatic rings. The van der Waals surface area contributed by atoms with E-state index in [9.17, 15) is 4.79 Å². The summed E-state index contributed by atoms with van der Waals surface area (Å²) in [5.74, 6) is 2.21. The van der Waals surface area contributed by atoms with Gasteiger partial charge >= 0.3 is 0 Å². The van der Waals surface area contributed by atoms with Crippen molar-refractivity contribution in [3.05, 3.63) is 22.1 Å². The second kappa shape index (κ2) is 6.20. The van der Waals surface area contributed by atoms with Crippen LogP contribution in [-0.2, 0) is 0 Å². The van der Waals surface area contributed by atoms with Gasteiger partial charge < -0.3 is 0 Å². The lowest BCUT2D eigenvalue weighted by atomic mass is 9.76. The number of hydrazone groups is 1.